The topological polar surface area (TPSA) is 129 Å². The molecule has 286 valence electrons. The number of phenolic OH excluding ortho intramolecular Hbond substituents is 1. The summed E-state index contributed by atoms with van der Waals surface area (Å²) in [6.45, 7) is 3.76. The van der Waals surface area contributed by atoms with Gasteiger partial charge in [-0.1, -0.05) is 77.8 Å². The highest BCUT2D eigenvalue weighted by Gasteiger charge is 2.71. The zero-order valence-electron chi connectivity index (χ0n) is 29.4. The van der Waals surface area contributed by atoms with Crippen molar-refractivity contribution in [2.75, 3.05) is 17.4 Å². The number of aromatic hydroxyl groups is 1. The summed E-state index contributed by atoms with van der Waals surface area (Å²) in [5.41, 5.74) is 1.78. The number of rotatable bonds is 7. The average Bonchev–Trinajstić information content (AvgIpc) is 3.56. The van der Waals surface area contributed by atoms with Crippen LogP contribution in [0.5, 0.6) is 11.5 Å². The van der Waals surface area contributed by atoms with Crippen LogP contribution in [0.2, 0.25) is 10.0 Å². The van der Waals surface area contributed by atoms with Crippen molar-refractivity contribution in [3.8, 4) is 11.5 Å². The number of allylic oxidation sites excluding steroid dienone is 2. The molecule has 3 fully saturated rings. The van der Waals surface area contributed by atoms with Crippen LogP contribution < -0.4 is 15.1 Å². The molecule has 0 unspecified atom stereocenters. The molecule has 2 aliphatic carbocycles. The number of nitrogens with one attached hydrogen (secondary N) is 1. The number of aromatic nitrogens is 1. The molecule has 4 aliphatic rings. The molecule has 15 heteroatoms. The molecule has 1 aromatic heterocycles. The number of pyridine rings is 1. The van der Waals surface area contributed by atoms with Crippen molar-refractivity contribution >= 4 is 64.4 Å². The van der Waals surface area contributed by atoms with Crippen molar-refractivity contribution in [2.45, 2.75) is 30.4 Å². The van der Waals surface area contributed by atoms with E-state index in [1.165, 1.54) is 13.2 Å². The predicted octanol–water partition coefficient (Wildman–Crippen LogP) is 7.95. The zero-order valence-corrected chi connectivity index (χ0v) is 30.9. The van der Waals surface area contributed by atoms with Gasteiger partial charge in [0.15, 0.2) is 5.82 Å². The number of anilines is 2. The summed E-state index contributed by atoms with van der Waals surface area (Å²) >= 11 is 12.6. The van der Waals surface area contributed by atoms with E-state index in [9.17, 15) is 32.7 Å². The number of alkyl halides is 3. The van der Waals surface area contributed by atoms with E-state index in [1.807, 2.05) is 6.08 Å². The van der Waals surface area contributed by atoms with Crippen LogP contribution in [-0.4, -0.2) is 45.8 Å². The maximum Gasteiger partial charge on any atom is 0.417 e. The summed E-state index contributed by atoms with van der Waals surface area (Å²) in [4.78, 5) is 63.9. The van der Waals surface area contributed by atoms with Crippen LogP contribution in [0.25, 0.3) is 6.08 Å². The third-order valence-corrected chi connectivity index (χ3v) is 12.0. The van der Waals surface area contributed by atoms with Crippen LogP contribution in [-0.2, 0) is 30.8 Å². The van der Waals surface area contributed by atoms with Gasteiger partial charge in [-0.2, -0.15) is 18.2 Å². The highest BCUT2D eigenvalue weighted by molar-refractivity contribution is 6.33. The smallest absolute Gasteiger partial charge is 0.417 e. The molecule has 1 saturated carbocycles. The molecule has 4 aromatic rings. The van der Waals surface area contributed by atoms with E-state index in [-0.39, 0.29) is 29.9 Å². The summed E-state index contributed by atoms with van der Waals surface area (Å²) in [5, 5.41) is 12.2. The van der Waals surface area contributed by atoms with Crippen LogP contribution in [0.1, 0.15) is 41.0 Å². The van der Waals surface area contributed by atoms with Crippen LogP contribution in [0.4, 0.5) is 24.7 Å². The molecule has 6 atom stereocenters. The minimum atomic E-state index is -4.77. The van der Waals surface area contributed by atoms with Crippen LogP contribution in [0.3, 0.4) is 0 Å². The van der Waals surface area contributed by atoms with Crippen LogP contribution in [0.15, 0.2) is 97.2 Å². The quantitative estimate of drug-likeness (QED) is 0.142. The number of hydrazine groups is 1. The van der Waals surface area contributed by atoms with E-state index in [0.717, 1.165) is 10.5 Å². The van der Waals surface area contributed by atoms with Gasteiger partial charge in [0.2, 0.25) is 11.8 Å². The Kier molecular flexibility index (Phi) is 9.00. The van der Waals surface area contributed by atoms with E-state index >= 15 is 4.79 Å². The summed E-state index contributed by atoms with van der Waals surface area (Å²) in [6, 6.07) is 18.3. The number of halogens is 5. The summed E-state index contributed by atoms with van der Waals surface area (Å²) in [5.74, 6) is -7.94. The fourth-order valence-electron chi connectivity index (χ4n) is 9.11. The maximum absolute atomic E-state index is 15.4. The number of amides is 4. The third kappa shape index (κ3) is 5.50. The molecule has 0 bridgehead atoms. The van der Waals surface area contributed by atoms with Crippen molar-refractivity contribution in [1.82, 2.24) is 9.99 Å². The molecule has 4 amide bonds. The molecule has 8 rings (SSSR count). The van der Waals surface area contributed by atoms with Gasteiger partial charge in [0.05, 0.1) is 46.6 Å². The zero-order chi connectivity index (χ0) is 39.8. The molecular formula is C41H31Cl2F3N4O6. The van der Waals surface area contributed by atoms with Gasteiger partial charge in [-0.05, 0) is 72.4 Å². The lowest BCUT2D eigenvalue weighted by Gasteiger charge is -2.50. The van der Waals surface area contributed by atoms with Crippen molar-refractivity contribution < 1.29 is 42.2 Å². The van der Waals surface area contributed by atoms with Crippen molar-refractivity contribution in [3.05, 3.63) is 130 Å². The molecular weight excluding hydrogens is 772 g/mol. The molecule has 3 aromatic carbocycles. The molecule has 2 N–H and O–H groups in total. The van der Waals surface area contributed by atoms with Gasteiger partial charge in [0, 0.05) is 22.7 Å². The Bertz CT molecular complexity index is 2370. The second-order valence-corrected chi connectivity index (χ2v) is 15.0. The van der Waals surface area contributed by atoms with E-state index in [2.05, 4.69) is 17.0 Å². The molecule has 56 heavy (non-hydrogen) atoms. The lowest BCUT2D eigenvalue weighted by Crippen LogP contribution is -2.53. The Morgan fingerprint density at radius 1 is 0.982 bits per heavy atom. The van der Waals surface area contributed by atoms with E-state index in [0.29, 0.717) is 39.1 Å². The van der Waals surface area contributed by atoms with Crippen molar-refractivity contribution in [1.29, 1.82) is 0 Å². The highest BCUT2D eigenvalue weighted by Crippen LogP contribution is 2.66. The van der Waals surface area contributed by atoms with Gasteiger partial charge in [0.1, 0.15) is 11.5 Å². The maximum atomic E-state index is 15.4. The molecule has 2 saturated heterocycles. The van der Waals surface area contributed by atoms with E-state index in [1.54, 1.807) is 66.7 Å². The number of imide groups is 2. The summed E-state index contributed by atoms with van der Waals surface area (Å²) < 4.78 is 46.3. The number of phenols is 1. The second kappa shape index (κ2) is 13.5. The fourth-order valence-corrected chi connectivity index (χ4v) is 9.45. The minimum Gasteiger partial charge on any atom is -0.508 e. The summed E-state index contributed by atoms with van der Waals surface area (Å²) in [6.07, 6.45) is -0.775. The predicted molar refractivity (Wildman–Crippen MR) is 201 cm³/mol. The SMILES string of the molecule is C=Cc1ccc(N2C(=O)[C@H]3[C@H](CC=C4[C@H]3C[C@H]3C(=O)N(Nc5ncc(C(F)(F)F)cc5Cl)C(=O)[C@@]3(c3ccc(Cl)cc3)[C@H]4c3c(O)cccc3OC)C2=O)cc1. The lowest BCUT2D eigenvalue weighted by atomic mass is 9.49. The number of carbonyl (C=O) groups is 4. The first kappa shape index (κ1) is 37.3. The highest BCUT2D eigenvalue weighted by atomic mass is 35.5. The fraction of sp³-hybridized carbons (Fsp3) is 0.244. The van der Waals surface area contributed by atoms with Crippen molar-refractivity contribution in [3.63, 3.8) is 0 Å². The Hall–Kier alpha value is -5.66. The molecule has 3 heterocycles. The molecule has 0 spiro atoms. The normalized spacial score (nSPS) is 25.8. The van der Waals surface area contributed by atoms with Gasteiger partial charge >= 0.3 is 6.18 Å². The van der Waals surface area contributed by atoms with Gasteiger partial charge < -0.3 is 9.84 Å². The first-order valence-corrected chi connectivity index (χ1v) is 18.3. The van der Waals surface area contributed by atoms with Gasteiger partial charge in [-0.25, -0.2) is 4.98 Å². The lowest BCUT2D eigenvalue weighted by molar-refractivity contribution is -0.139. The number of hydrogen-bond acceptors (Lipinski definition) is 8. The molecule has 10 nitrogen and oxygen atoms in total. The number of methoxy groups -OCH3 is 1. The largest absolute Gasteiger partial charge is 0.508 e. The number of hydrogen-bond donors (Lipinski definition) is 2. The van der Waals surface area contributed by atoms with Crippen LogP contribution in [0, 0.1) is 23.7 Å². The standard InChI is InChI=1S/C41H31Cl2F3N4O6/c1-3-20-7-13-24(14-8-20)49-36(52)26-16-15-25-27(32(26)38(49)54)18-28-37(53)50(48-35-29(43)17-22(19-47-35)41(44,45)46)39(55)40(28,21-9-11-23(42)12-10-21)34(25)33-30(51)5-4-6-31(33)56-2/h3-15,17,19,26-28,32,34,51H,1,16,18H2,2H3,(H,47,48)/t26-,27+,28-,32-,34+,40+/m0/s1. The molecule has 2 aliphatic heterocycles. The van der Waals surface area contributed by atoms with E-state index < -0.39 is 81.2 Å². The second-order valence-electron chi connectivity index (χ2n) is 14.1. The monoisotopic (exact) mass is 802 g/mol. The number of benzene rings is 3. The third-order valence-electron chi connectivity index (χ3n) is 11.5. The first-order valence-electron chi connectivity index (χ1n) is 17.5. The Balaban J connectivity index is 1.32. The Labute approximate surface area is 328 Å². The summed E-state index contributed by atoms with van der Waals surface area (Å²) in [7, 11) is 1.39. The minimum absolute atomic E-state index is 0.0960. The number of carbonyl (C=O) groups excluding carboxylic acids is 4. The Morgan fingerprint density at radius 2 is 1.70 bits per heavy atom. The number of nitrogens with zero attached hydrogens (tertiary/aromatic N) is 3. The number of ether oxygens (including phenoxy) is 1. The number of fused-ring (bicyclic) bond motifs is 4. The average molecular weight is 804 g/mol. The van der Waals surface area contributed by atoms with Gasteiger partial charge in [-0.3, -0.25) is 29.5 Å². The van der Waals surface area contributed by atoms with Gasteiger partial charge in [-0.15, -0.1) is 0 Å². The van der Waals surface area contributed by atoms with E-state index in [4.69, 9.17) is 27.9 Å². The Morgan fingerprint density at radius 3 is 2.34 bits per heavy atom. The first-order chi connectivity index (χ1) is 26.7. The molecule has 0 radical (unpaired) electrons. The van der Waals surface area contributed by atoms with Crippen LogP contribution >= 0.6 is 23.2 Å². The van der Waals surface area contributed by atoms with Crippen molar-refractivity contribution in [2.24, 2.45) is 23.7 Å². The van der Waals surface area contributed by atoms with Gasteiger partial charge in [0.25, 0.3) is 11.8 Å².